The minimum absolute atomic E-state index is 0.0648. The molecule has 4 nitrogen and oxygen atoms in total. The van der Waals surface area contributed by atoms with E-state index in [4.69, 9.17) is 9.47 Å². The fourth-order valence-corrected chi connectivity index (χ4v) is 3.11. The number of methoxy groups -OCH3 is 1. The van der Waals surface area contributed by atoms with Gasteiger partial charge in [-0.3, -0.25) is 4.90 Å². The number of ether oxygens (including phenoxy) is 2. The first kappa shape index (κ1) is 16.3. The summed E-state index contributed by atoms with van der Waals surface area (Å²) in [5.74, 6) is 0.897. The fraction of sp³-hybridized carbons (Fsp3) is 0.647. The Kier molecular flexibility index (Phi) is 5.25. The minimum atomic E-state index is -0.0648. The second-order valence-corrected chi connectivity index (χ2v) is 6.36. The van der Waals surface area contributed by atoms with Crippen molar-refractivity contribution in [3.8, 4) is 5.75 Å². The molecule has 1 aliphatic heterocycles. The molecule has 2 rings (SSSR count). The van der Waals surface area contributed by atoms with Gasteiger partial charge in [-0.1, -0.05) is 12.1 Å². The van der Waals surface area contributed by atoms with E-state index in [0.717, 1.165) is 25.4 Å². The van der Waals surface area contributed by atoms with Crippen LogP contribution in [0.2, 0.25) is 0 Å². The molecule has 1 aromatic rings. The Morgan fingerprint density at radius 1 is 1.29 bits per heavy atom. The van der Waals surface area contributed by atoms with E-state index in [9.17, 15) is 0 Å². The summed E-state index contributed by atoms with van der Waals surface area (Å²) in [7, 11) is 3.72. The third kappa shape index (κ3) is 3.96. The third-order valence-electron chi connectivity index (χ3n) is 4.30. The Hall–Kier alpha value is -1.10. The van der Waals surface area contributed by atoms with Crippen LogP contribution < -0.4 is 10.1 Å². The molecule has 1 fully saturated rings. The molecule has 2 atom stereocenters. The minimum Gasteiger partial charge on any atom is -0.497 e. The maximum Gasteiger partial charge on any atom is 0.118 e. The van der Waals surface area contributed by atoms with Crippen molar-refractivity contribution in [1.29, 1.82) is 0 Å². The lowest BCUT2D eigenvalue weighted by Gasteiger charge is -2.43. The molecule has 0 spiro atoms. The van der Waals surface area contributed by atoms with Gasteiger partial charge in [0.15, 0.2) is 0 Å². The summed E-state index contributed by atoms with van der Waals surface area (Å²) in [6.07, 6.45) is 0. The van der Waals surface area contributed by atoms with E-state index in [0.29, 0.717) is 12.1 Å². The normalized spacial score (nSPS) is 21.8. The van der Waals surface area contributed by atoms with Crippen molar-refractivity contribution in [2.24, 2.45) is 0 Å². The zero-order valence-corrected chi connectivity index (χ0v) is 13.8. The molecule has 0 aromatic heterocycles. The van der Waals surface area contributed by atoms with E-state index in [-0.39, 0.29) is 5.60 Å². The Morgan fingerprint density at radius 2 is 1.95 bits per heavy atom. The van der Waals surface area contributed by atoms with Crippen LogP contribution in [0, 0.1) is 0 Å². The van der Waals surface area contributed by atoms with E-state index in [1.165, 1.54) is 5.56 Å². The van der Waals surface area contributed by atoms with Crippen LogP contribution in [-0.4, -0.2) is 50.4 Å². The topological polar surface area (TPSA) is 33.7 Å². The number of hydrogen-bond donors (Lipinski definition) is 1. The van der Waals surface area contributed by atoms with Gasteiger partial charge < -0.3 is 14.8 Å². The van der Waals surface area contributed by atoms with Gasteiger partial charge >= 0.3 is 0 Å². The molecule has 2 unspecified atom stereocenters. The molecule has 0 saturated carbocycles. The molecule has 0 amide bonds. The Labute approximate surface area is 128 Å². The lowest BCUT2D eigenvalue weighted by atomic mass is 9.97. The lowest BCUT2D eigenvalue weighted by Crippen LogP contribution is -2.54. The second-order valence-electron chi connectivity index (χ2n) is 6.36. The van der Waals surface area contributed by atoms with Crippen molar-refractivity contribution < 1.29 is 9.47 Å². The summed E-state index contributed by atoms with van der Waals surface area (Å²) < 4.78 is 11.1. The molecule has 1 aliphatic rings. The standard InChI is InChI=1S/C17H28N2O2/c1-13(19-10-11-21-17(2,3)12-19)16(18-4)14-6-8-15(20-5)9-7-14/h6-9,13,16,18H,10-12H2,1-5H3. The van der Waals surface area contributed by atoms with E-state index in [1.54, 1.807) is 7.11 Å². The molecule has 1 N–H and O–H groups in total. The van der Waals surface area contributed by atoms with Crippen molar-refractivity contribution in [3.05, 3.63) is 29.8 Å². The number of rotatable bonds is 5. The smallest absolute Gasteiger partial charge is 0.118 e. The lowest BCUT2D eigenvalue weighted by molar-refractivity contribution is -0.0985. The van der Waals surface area contributed by atoms with Crippen LogP contribution in [-0.2, 0) is 4.74 Å². The molecular formula is C17H28N2O2. The SMILES string of the molecule is CNC(c1ccc(OC)cc1)C(C)N1CCOC(C)(C)C1. The van der Waals surface area contributed by atoms with E-state index in [2.05, 4.69) is 43.1 Å². The first-order valence-corrected chi connectivity index (χ1v) is 7.66. The van der Waals surface area contributed by atoms with Gasteiger partial charge in [0.1, 0.15) is 5.75 Å². The van der Waals surface area contributed by atoms with E-state index >= 15 is 0 Å². The summed E-state index contributed by atoms with van der Waals surface area (Å²) >= 11 is 0. The van der Waals surface area contributed by atoms with Gasteiger partial charge in [0.05, 0.1) is 19.3 Å². The van der Waals surface area contributed by atoms with Crippen LogP contribution in [0.1, 0.15) is 32.4 Å². The fourth-order valence-electron chi connectivity index (χ4n) is 3.11. The molecule has 1 saturated heterocycles. The molecule has 4 heteroatoms. The highest BCUT2D eigenvalue weighted by molar-refractivity contribution is 5.29. The van der Waals surface area contributed by atoms with Crippen LogP contribution in [0.3, 0.4) is 0 Å². The largest absolute Gasteiger partial charge is 0.497 e. The highest BCUT2D eigenvalue weighted by Gasteiger charge is 2.32. The molecular weight excluding hydrogens is 264 g/mol. The van der Waals surface area contributed by atoms with Crippen LogP contribution >= 0.6 is 0 Å². The quantitative estimate of drug-likeness (QED) is 0.904. The molecule has 0 aliphatic carbocycles. The summed E-state index contributed by atoms with van der Waals surface area (Å²) in [6.45, 7) is 9.35. The maximum atomic E-state index is 5.82. The zero-order valence-electron chi connectivity index (χ0n) is 13.8. The van der Waals surface area contributed by atoms with Crippen LogP contribution in [0.5, 0.6) is 5.75 Å². The number of hydrogen-bond acceptors (Lipinski definition) is 4. The molecule has 1 aromatic carbocycles. The monoisotopic (exact) mass is 292 g/mol. The molecule has 0 bridgehead atoms. The van der Waals surface area contributed by atoms with E-state index < -0.39 is 0 Å². The van der Waals surface area contributed by atoms with E-state index in [1.807, 2.05) is 19.2 Å². The van der Waals surface area contributed by atoms with Crippen molar-refractivity contribution >= 4 is 0 Å². The summed E-state index contributed by atoms with van der Waals surface area (Å²) in [6, 6.07) is 9.03. The average molecular weight is 292 g/mol. The van der Waals surface area contributed by atoms with Crippen LogP contribution in [0.15, 0.2) is 24.3 Å². The van der Waals surface area contributed by atoms with Crippen molar-refractivity contribution in [1.82, 2.24) is 10.2 Å². The Morgan fingerprint density at radius 3 is 2.48 bits per heavy atom. The third-order valence-corrected chi connectivity index (χ3v) is 4.30. The average Bonchev–Trinajstić information content (AvgIpc) is 2.47. The first-order valence-electron chi connectivity index (χ1n) is 7.66. The summed E-state index contributed by atoms with van der Waals surface area (Å²) in [5, 5.41) is 3.46. The van der Waals surface area contributed by atoms with Gasteiger partial charge in [-0.25, -0.2) is 0 Å². The summed E-state index contributed by atoms with van der Waals surface area (Å²) in [4.78, 5) is 2.51. The van der Waals surface area contributed by atoms with Gasteiger partial charge in [-0.15, -0.1) is 0 Å². The van der Waals surface area contributed by atoms with Gasteiger partial charge in [0.2, 0.25) is 0 Å². The number of nitrogens with one attached hydrogen (secondary N) is 1. The predicted octanol–water partition coefficient (Wildman–Crippen LogP) is 2.46. The Bertz CT molecular complexity index is 445. The van der Waals surface area contributed by atoms with Crippen LogP contribution in [0.25, 0.3) is 0 Å². The second kappa shape index (κ2) is 6.77. The molecule has 0 radical (unpaired) electrons. The summed E-state index contributed by atoms with van der Waals surface area (Å²) in [5.41, 5.74) is 1.22. The van der Waals surface area contributed by atoms with Gasteiger partial charge in [0, 0.05) is 25.2 Å². The zero-order chi connectivity index (χ0) is 15.5. The van der Waals surface area contributed by atoms with Gasteiger partial charge in [-0.2, -0.15) is 0 Å². The van der Waals surface area contributed by atoms with Crippen molar-refractivity contribution in [3.63, 3.8) is 0 Å². The van der Waals surface area contributed by atoms with Gasteiger partial charge in [0.25, 0.3) is 0 Å². The molecule has 1 heterocycles. The number of nitrogens with zero attached hydrogens (tertiary/aromatic N) is 1. The van der Waals surface area contributed by atoms with Crippen LogP contribution in [0.4, 0.5) is 0 Å². The number of morpholine rings is 1. The highest BCUT2D eigenvalue weighted by atomic mass is 16.5. The molecule has 21 heavy (non-hydrogen) atoms. The predicted molar refractivity (Wildman–Crippen MR) is 85.9 cm³/mol. The molecule has 118 valence electrons. The number of likely N-dealkylation sites (N-methyl/N-ethyl adjacent to an activating group) is 1. The van der Waals surface area contributed by atoms with Gasteiger partial charge in [-0.05, 0) is 45.5 Å². The number of benzene rings is 1. The van der Waals surface area contributed by atoms with Crippen molar-refractivity contribution in [2.75, 3.05) is 33.9 Å². The maximum absolute atomic E-state index is 5.82. The highest BCUT2D eigenvalue weighted by Crippen LogP contribution is 2.26. The first-order chi connectivity index (χ1) is 9.96. The Balaban J connectivity index is 2.11. The van der Waals surface area contributed by atoms with Crippen molar-refractivity contribution in [2.45, 2.75) is 38.5 Å².